The van der Waals surface area contributed by atoms with Gasteiger partial charge in [-0.15, -0.1) is 0 Å². The van der Waals surface area contributed by atoms with Crippen LogP contribution in [-0.2, 0) is 10.4 Å². The van der Waals surface area contributed by atoms with Gasteiger partial charge < -0.3 is 14.8 Å². The predicted molar refractivity (Wildman–Crippen MR) is 112 cm³/mol. The molecule has 0 spiro atoms. The number of carbonyl (C=O) groups is 1. The second-order valence-electron chi connectivity index (χ2n) is 8.32. The van der Waals surface area contributed by atoms with Gasteiger partial charge in [-0.25, -0.2) is 9.18 Å². The maximum atomic E-state index is 13.2. The minimum atomic E-state index is -1.04. The van der Waals surface area contributed by atoms with Crippen LogP contribution in [0.25, 0.3) is 11.1 Å². The summed E-state index contributed by atoms with van der Waals surface area (Å²) in [6.45, 7) is 3.81. The summed E-state index contributed by atoms with van der Waals surface area (Å²) in [6.07, 6.45) is 1.92. The van der Waals surface area contributed by atoms with Gasteiger partial charge in [0.1, 0.15) is 5.82 Å². The first kappa shape index (κ1) is 20.3. The van der Waals surface area contributed by atoms with Gasteiger partial charge in [-0.05, 0) is 69.4 Å². The number of aromatic nitrogens is 1. The summed E-state index contributed by atoms with van der Waals surface area (Å²) in [5.74, 6) is -1.11. The van der Waals surface area contributed by atoms with E-state index in [2.05, 4.69) is 5.32 Å². The Hall–Kier alpha value is -2.93. The highest BCUT2D eigenvalue weighted by molar-refractivity contribution is 5.94. The molecule has 0 saturated heterocycles. The Morgan fingerprint density at radius 3 is 2.50 bits per heavy atom. The number of nitrogens with zero attached hydrogens (tertiary/aromatic N) is 1. The van der Waals surface area contributed by atoms with Gasteiger partial charge in [-0.2, -0.15) is 0 Å². The van der Waals surface area contributed by atoms with Crippen molar-refractivity contribution < 1.29 is 18.7 Å². The first-order valence-electron chi connectivity index (χ1n) is 10.2. The first-order valence-corrected chi connectivity index (χ1v) is 10.2. The quantitative estimate of drug-likeness (QED) is 0.668. The molecule has 1 aromatic heterocycles. The molecule has 30 heavy (non-hydrogen) atoms. The predicted octanol–water partition coefficient (Wildman–Crippen LogP) is 4.33. The Kier molecular flexibility index (Phi) is 5.24. The minimum Gasteiger partial charge on any atom is -0.408 e. The molecule has 0 bridgehead atoms. The molecule has 0 atom stereocenters. The van der Waals surface area contributed by atoms with Crippen molar-refractivity contribution in [1.29, 1.82) is 0 Å². The van der Waals surface area contributed by atoms with Crippen molar-refractivity contribution in [1.82, 2.24) is 4.57 Å². The molecule has 1 heterocycles. The van der Waals surface area contributed by atoms with E-state index in [0.717, 1.165) is 0 Å². The second kappa shape index (κ2) is 7.72. The molecule has 1 aliphatic rings. The fourth-order valence-corrected chi connectivity index (χ4v) is 4.25. The highest BCUT2D eigenvalue weighted by Gasteiger charge is 2.37. The van der Waals surface area contributed by atoms with Crippen LogP contribution in [0, 0.1) is 11.7 Å². The third-order valence-corrected chi connectivity index (χ3v) is 5.96. The Labute approximate surface area is 173 Å². The van der Waals surface area contributed by atoms with Gasteiger partial charge in [0.05, 0.1) is 11.1 Å². The number of anilines is 1. The number of amides is 1. The molecule has 1 saturated carbocycles. The number of hydrogen-bond acceptors (Lipinski definition) is 4. The molecule has 6 nitrogen and oxygen atoms in total. The van der Waals surface area contributed by atoms with E-state index in [4.69, 9.17) is 4.42 Å². The van der Waals surface area contributed by atoms with Crippen molar-refractivity contribution in [2.45, 2.75) is 51.2 Å². The van der Waals surface area contributed by atoms with E-state index in [1.807, 2.05) is 13.8 Å². The Morgan fingerprint density at radius 2 is 1.87 bits per heavy atom. The van der Waals surface area contributed by atoms with Gasteiger partial charge in [0, 0.05) is 23.7 Å². The van der Waals surface area contributed by atoms with Gasteiger partial charge in [-0.3, -0.25) is 9.36 Å². The maximum absolute atomic E-state index is 13.2. The normalized spacial score (nSPS) is 21.8. The van der Waals surface area contributed by atoms with Crippen LogP contribution in [0.4, 0.5) is 10.1 Å². The van der Waals surface area contributed by atoms with E-state index in [-0.39, 0.29) is 23.7 Å². The number of aliphatic hydroxyl groups is 1. The number of fused-ring (bicyclic) bond motifs is 1. The van der Waals surface area contributed by atoms with Crippen LogP contribution < -0.4 is 11.1 Å². The smallest absolute Gasteiger partial charge is 0.408 e. The molecule has 3 aromatic rings. The number of carbonyl (C=O) groups excluding carboxylic acids is 1. The Bertz CT molecular complexity index is 1120. The van der Waals surface area contributed by atoms with E-state index < -0.39 is 11.4 Å². The summed E-state index contributed by atoms with van der Waals surface area (Å²) in [5.41, 5.74) is 1.33. The SMILES string of the molecule is CC(C)n1c(=O)oc2cc(NC(=O)C3CCC(O)(c4ccc(F)cc4)CC3)ccc21. The number of nitrogens with one attached hydrogen (secondary N) is 1. The van der Waals surface area contributed by atoms with Crippen LogP contribution in [0.15, 0.2) is 51.7 Å². The Balaban J connectivity index is 1.44. The monoisotopic (exact) mass is 412 g/mol. The fraction of sp³-hybridized carbons (Fsp3) is 0.391. The lowest BCUT2D eigenvalue weighted by Gasteiger charge is -2.36. The molecule has 0 radical (unpaired) electrons. The van der Waals surface area contributed by atoms with E-state index in [9.17, 15) is 19.1 Å². The molecular weight excluding hydrogens is 387 g/mol. The number of halogens is 1. The van der Waals surface area contributed by atoms with Gasteiger partial charge in [0.25, 0.3) is 0 Å². The summed E-state index contributed by atoms with van der Waals surface area (Å²) in [7, 11) is 0. The number of benzene rings is 2. The van der Waals surface area contributed by atoms with Crippen LogP contribution in [0.3, 0.4) is 0 Å². The molecule has 1 amide bonds. The molecule has 1 fully saturated rings. The molecule has 2 aromatic carbocycles. The molecule has 7 heteroatoms. The van der Waals surface area contributed by atoms with E-state index in [0.29, 0.717) is 48.0 Å². The summed E-state index contributed by atoms with van der Waals surface area (Å²) in [5, 5.41) is 13.8. The van der Waals surface area contributed by atoms with Gasteiger partial charge in [0.2, 0.25) is 5.91 Å². The fourth-order valence-electron chi connectivity index (χ4n) is 4.25. The zero-order valence-electron chi connectivity index (χ0n) is 17.0. The molecule has 0 unspecified atom stereocenters. The highest BCUT2D eigenvalue weighted by atomic mass is 19.1. The first-order chi connectivity index (χ1) is 14.3. The van der Waals surface area contributed by atoms with Crippen LogP contribution in [0.5, 0.6) is 0 Å². The third kappa shape index (κ3) is 3.77. The summed E-state index contributed by atoms with van der Waals surface area (Å²) in [6, 6.07) is 11.0. The maximum Gasteiger partial charge on any atom is 0.420 e. The topological polar surface area (TPSA) is 84.5 Å². The second-order valence-corrected chi connectivity index (χ2v) is 8.32. The standard InChI is InChI=1S/C23H25FN2O4/c1-14(2)26-19-8-7-18(13-20(19)30-22(26)28)25-21(27)15-9-11-23(29,12-10-15)16-3-5-17(24)6-4-16/h3-8,13-15,29H,9-12H2,1-2H3,(H,25,27). The molecule has 158 valence electrons. The third-order valence-electron chi connectivity index (χ3n) is 5.96. The molecule has 1 aliphatic carbocycles. The zero-order valence-corrected chi connectivity index (χ0v) is 17.0. The number of oxazole rings is 1. The number of hydrogen-bond donors (Lipinski definition) is 2. The molecular formula is C23H25FN2O4. The lowest BCUT2D eigenvalue weighted by atomic mass is 9.75. The summed E-state index contributed by atoms with van der Waals surface area (Å²) >= 11 is 0. The van der Waals surface area contributed by atoms with E-state index in [1.165, 1.54) is 12.1 Å². The largest absolute Gasteiger partial charge is 0.420 e. The zero-order chi connectivity index (χ0) is 21.5. The van der Waals surface area contributed by atoms with Crippen molar-refractivity contribution in [2.75, 3.05) is 5.32 Å². The van der Waals surface area contributed by atoms with Crippen molar-refractivity contribution in [3.05, 3.63) is 64.4 Å². The van der Waals surface area contributed by atoms with Crippen LogP contribution >= 0.6 is 0 Å². The van der Waals surface area contributed by atoms with E-state index >= 15 is 0 Å². The van der Waals surface area contributed by atoms with Crippen molar-refractivity contribution >= 4 is 22.7 Å². The molecule has 0 aliphatic heterocycles. The van der Waals surface area contributed by atoms with Crippen LogP contribution in [-0.4, -0.2) is 15.6 Å². The van der Waals surface area contributed by atoms with Crippen LogP contribution in [0.1, 0.15) is 51.1 Å². The van der Waals surface area contributed by atoms with Gasteiger partial charge in [-0.1, -0.05) is 12.1 Å². The number of rotatable bonds is 4. The lowest BCUT2D eigenvalue weighted by Crippen LogP contribution is -2.35. The van der Waals surface area contributed by atoms with E-state index in [1.54, 1.807) is 34.9 Å². The highest BCUT2D eigenvalue weighted by Crippen LogP contribution is 2.40. The van der Waals surface area contributed by atoms with Crippen molar-refractivity contribution in [3.63, 3.8) is 0 Å². The van der Waals surface area contributed by atoms with Crippen molar-refractivity contribution in [2.24, 2.45) is 5.92 Å². The van der Waals surface area contributed by atoms with Gasteiger partial charge in [0.15, 0.2) is 5.58 Å². The average Bonchev–Trinajstić information content (AvgIpc) is 3.04. The summed E-state index contributed by atoms with van der Waals surface area (Å²) in [4.78, 5) is 24.8. The minimum absolute atomic E-state index is 0.0266. The lowest BCUT2D eigenvalue weighted by molar-refractivity contribution is -0.123. The van der Waals surface area contributed by atoms with Crippen molar-refractivity contribution in [3.8, 4) is 0 Å². The molecule has 2 N–H and O–H groups in total. The Morgan fingerprint density at radius 1 is 1.20 bits per heavy atom. The summed E-state index contributed by atoms with van der Waals surface area (Å²) < 4.78 is 20.0. The average molecular weight is 412 g/mol. The molecule has 4 rings (SSSR count). The van der Waals surface area contributed by atoms with Crippen LogP contribution in [0.2, 0.25) is 0 Å². The van der Waals surface area contributed by atoms with Gasteiger partial charge >= 0.3 is 5.76 Å².